The van der Waals surface area contributed by atoms with Gasteiger partial charge < -0.3 is 14.8 Å². The van der Waals surface area contributed by atoms with Gasteiger partial charge in [0.25, 0.3) is 0 Å². The minimum absolute atomic E-state index is 0.145. The predicted molar refractivity (Wildman–Crippen MR) is 81.2 cm³/mol. The molecule has 3 aromatic rings. The van der Waals surface area contributed by atoms with Crippen molar-refractivity contribution >= 4 is 22.7 Å². The molecule has 7 nitrogen and oxygen atoms in total. The highest BCUT2D eigenvalue weighted by Gasteiger charge is 2.24. The second kappa shape index (κ2) is 5.47. The molecule has 0 amide bonds. The quantitative estimate of drug-likeness (QED) is 0.746. The number of halogens is 1. The molecule has 0 saturated carbocycles. The Morgan fingerprint density at radius 3 is 2.91 bits per heavy atom. The summed E-state index contributed by atoms with van der Waals surface area (Å²) in [5.41, 5.74) is 1.55. The standard InChI is InChI=1S/C15H14FN5O2/c1-22-10-5-3-2-4-9(10)18-13-12-14(20-15(16)19-13)21(8-17-12)11-6-7-23-11/h2-5,8,11H,6-7H2,1H3,(H,18,19,20). The van der Waals surface area contributed by atoms with E-state index in [2.05, 4.69) is 20.3 Å². The van der Waals surface area contributed by atoms with E-state index in [9.17, 15) is 4.39 Å². The maximum absolute atomic E-state index is 13.8. The van der Waals surface area contributed by atoms with E-state index < -0.39 is 6.08 Å². The zero-order valence-electron chi connectivity index (χ0n) is 12.4. The number of aromatic nitrogens is 4. The number of fused-ring (bicyclic) bond motifs is 1. The number of nitrogens with one attached hydrogen (secondary N) is 1. The highest BCUT2D eigenvalue weighted by molar-refractivity contribution is 5.86. The molecule has 1 saturated heterocycles. The average Bonchev–Trinajstić information content (AvgIpc) is 2.90. The van der Waals surface area contributed by atoms with Gasteiger partial charge in [-0.3, -0.25) is 4.57 Å². The lowest BCUT2D eigenvalue weighted by Crippen LogP contribution is -2.24. The van der Waals surface area contributed by atoms with Crippen molar-refractivity contribution in [3.8, 4) is 5.75 Å². The van der Waals surface area contributed by atoms with Crippen molar-refractivity contribution in [2.45, 2.75) is 12.6 Å². The van der Waals surface area contributed by atoms with Crippen LogP contribution in [-0.2, 0) is 4.74 Å². The Hall–Kier alpha value is -2.74. The number of methoxy groups -OCH3 is 1. The molecule has 0 spiro atoms. The topological polar surface area (TPSA) is 74.1 Å². The maximum atomic E-state index is 13.8. The van der Waals surface area contributed by atoms with E-state index in [1.807, 2.05) is 18.2 Å². The Kier molecular flexibility index (Phi) is 3.30. The largest absolute Gasteiger partial charge is 0.495 e. The summed E-state index contributed by atoms with van der Waals surface area (Å²) in [4.78, 5) is 12.0. The lowest BCUT2D eigenvalue weighted by molar-refractivity contribution is -0.0974. The summed E-state index contributed by atoms with van der Waals surface area (Å²) < 4.78 is 26.3. The summed E-state index contributed by atoms with van der Waals surface area (Å²) in [5, 5.41) is 3.06. The molecule has 1 atom stereocenters. The van der Waals surface area contributed by atoms with Crippen LogP contribution < -0.4 is 10.1 Å². The molecule has 0 bridgehead atoms. The summed E-state index contributed by atoms with van der Waals surface area (Å²) in [6.45, 7) is 0.685. The third kappa shape index (κ3) is 2.36. The maximum Gasteiger partial charge on any atom is 0.312 e. The van der Waals surface area contributed by atoms with Crippen LogP contribution in [0.4, 0.5) is 15.9 Å². The van der Waals surface area contributed by atoms with Crippen molar-refractivity contribution in [2.75, 3.05) is 19.0 Å². The number of hydrogen-bond donors (Lipinski definition) is 1. The number of anilines is 2. The van der Waals surface area contributed by atoms with Gasteiger partial charge in [0.15, 0.2) is 17.0 Å². The molecule has 2 aromatic heterocycles. The second-order valence-electron chi connectivity index (χ2n) is 5.10. The molecule has 1 N–H and O–H groups in total. The van der Waals surface area contributed by atoms with Crippen molar-refractivity contribution < 1.29 is 13.9 Å². The van der Waals surface area contributed by atoms with Crippen molar-refractivity contribution in [3.05, 3.63) is 36.7 Å². The van der Waals surface area contributed by atoms with Crippen LogP contribution in [0.3, 0.4) is 0 Å². The fraction of sp³-hybridized carbons (Fsp3) is 0.267. The number of benzene rings is 1. The molecule has 1 unspecified atom stereocenters. The van der Waals surface area contributed by atoms with Gasteiger partial charge in [0.2, 0.25) is 0 Å². The van der Waals surface area contributed by atoms with Crippen LogP contribution in [0.25, 0.3) is 11.2 Å². The number of ether oxygens (including phenoxy) is 2. The number of rotatable bonds is 4. The average molecular weight is 315 g/mol. The van der Waals surface area contributed by atoms with Gasteiger partial charge in [-0.05, 0) is 12.1 Å². The first-order valence-electron chi connectivity index (χ1n) is 7.18. The van der Waals surface area contributed by atoms with E-state index >= 15 is 0 Å². The first-order valence-corrected chi connectivity index (χ1v) is 7.18. The van der Waals surface area contributed by atoms with Gasteiger partial charge in [-0.25, -0.2) is 4.98 Å². The number of para-hydroxylation sites is 2. The number of hydrogen-bond acceptors (Lipinski definition) is 6. The van der Waals surface area contributed by atoms with Crippen LogP contribution in [0.1, 0.15) is 12.6 Å². The minimum atomic E-state index is -0.823. The molecule has 3 heterocycles. The molecule has 1 aromatic carbocycles. The van der Waals surface area contributed by atoms with Crippen molar-refractivity contribution in [1.29, 1.82) is 0 Å². The van der Waals surface area contributed by atoms with E-state index in [1.54, 1.807) is 24.1 Å². The van der Waals surface area contributed by atoms with Crippen LogP contribution in [0.2, 0.25) is 0 Å². The first-order chi connectivity index (χ1) is 11.3. The smallest absolute Gasteiger partial charge is 0.312 e. The van der Waals surface area contributed by atoms with Gasteiger partial charge in [0, 0.05) is 6.42 Å². The van der Waals surface area contributed by atoms with Crippen LogP contribution in [0.5, 0.6) is 5.75 Å². The third-order valence-electron chi connectivity index (χ3n) is 3.74. The Balaban J connectivity index is 1.79. The SMILES string of the molecule is COc1ccccc1Nc1nc(F)nc2c1ncn2C1CCO1. The van der Waals surface area contributed by atoms with Crippen LogP contribution in [-0.4, -0.2) is 33.2 Å². The van der Waals surface area contributed by atoms with E-state index in [0.717, 1.165) is 6.42 Å². The lowest BCUT2D eigenvalue weighted by atomic mass is 10.3. The molecular formula is C15H14FN5O2. The Morgan fingerprint density at radius 1 is 1.35 bits per heavy atom. The molecular weight excluding hydrogens is 301 g/mol. The summed E-state index contributed by atoms with van der Waals surface area (Å²) in [5.74, 6) is 0.913. The van der Waals surface area contributed by atoms with Gasteiger partial charge in [-0.1, -0.05) is 12.1 Å². The van der Waals surface area contributed by atoms with Crippen LogP contribution in [0.15, 0.2) is 30.6 Å². The predicted octanol–water partition coefficient (Wildman–Crippen LogP) is 2.64. The van der Waals surface area contributed by atoms with E-state index in [-0.39, 0.29) is 12.0 Å². The van der Waals surface area contributed by atoms with Gasteiger partial charge in [-0.2, -0.15) is 14.4 Å². The summed E-state index contributed by atoms with van der Waals surface area (Å²) in [6.07, 6.45) is 1.48. The summed E-state index contributed by atoms with van der Waals surface area (Å²) in [6, 6.07) is 7.32. The van der Waals surface area contributed by atoms with Gasteiger partial charge in [-0.15, -0.1) is 0 Å². The van der Waals surface area contributed by atoms with Crippen molar-refractivity contribution in [1.82, 2.24) is 19.5 Å². The summed E-state index contributed by atoms with van der Waals surface area (Å²) >= 11 is 0. The first kappa shape index (κ1) is 13.9. The molecule has 23 heavy (non-hydrogen) atoms. The van der Waals surface area contributed by atoms with Crippen molar-refractivity contribution in [2.24, 2.45) is 0 Å². The van der Waals surface area contributed by atoms with Crippen molar-refractivity contribution in [3.63, 3.8) is 0 Å². The fourth-order valence-electron chi connectivity index (χ4n) is 2.51. The zero-order chi connectivity index (χ0) is 15.8. The van der Waals surface area contributed by atoms with Gasteiger partial charge >= 0.3 is 6.08 Å². The molecule has 118 valence electrons. The van der Waals surface area contributed by atoms with E-state index in [0.29, 0.717) is 29.2 Å². The van der Waals surface area contributed by atoms with Gasteiger partial charge in [0.05, 0.1) is 25.7 Å². The molecule has 0 aliphatic carbocycles. The summed E-state index contributed by atoms with van der Waals surface area (Å²) in [7, 11) is 1.57. The Labute approximate surface area is 131 Å². The third-order valence-corrected chi connectivity index (χ3v) is 3.74. The van der Waals surface area contributed by atoms with Crippen LogP contribution in [0, 0.1) is 6.08 Å². The Bertz CT molecular complexity index is 862. The van der Waals surface area contributed by atoms with Gasteiger partial charge in [0.1, 0.15) is 12.0 Å². The molecule has 0 radical (unpaired) electrons. The molecule has 4 rings (SSSR count). The lowest BCUT2D eigenvalue weighted by Gasteiger charge is -2.27. The number of nitrogens with zero attached hydrogens (tertiary/aromatic N) is 4. The highest BCUT2D eigenvalue weighted by atomic mass is 19.1. The van der Waals surface area contributed by atoms with E-state index in [4.69, 9.17) is 9.47 Å². The fourth-order valence-corrected chi connectivity index (χ4v) is 2.51. The zero-order valence-corrected chi connectivity index (χ0v) is 12.4. The minimum Gasteiger partial charge on any atom is -0.495 e. The monoisotopic (exact) mass is 315 g/mol. The Morgan fingerprint density at radius 2 is 2.17 bits per heavy atom. The normalized spacial score (nSPS) is 17.0. The second-order valence-corrected chi connectivity index (χ2v) is 5.10. The molecule has 1 fully saturated rings. The van der Waals surface area contributed by atoms with E-state index in [1.165, 1.54) is 0 Å². The molecule has 1 aliphatic rings. The number of imidazole rings is 1. The molecule has 1 aliphatic heterocycles. The molecule has 8 heteroatoms. The highest BCUT2D eigenvalue weighted by Crippen LogP contribution is 2.31. The van der Waals surface area contributed by atoms with Crippen LogP contribution >= 0.6 is 0 Å².